The zero-order valence-corrected chi connectivity index (χ0v) is 19.1. The number of carbonyl (C=O) groups is 1. The number of nitro groups is 1. The van der Waals surface area contributed by atoms with Gasteiger partial charge in [-0.1, -0.05) is 29.8 Å². The van der Waals surface area contributed by atoms with Crippen molar-refractivity contribution in [3.8, 4) is 23.3 Å². The third-order valence-corrected chi connectivity index (χ3v) is 5.61. The molecule has 0 bridgehead atoms. The molecule has 35 heavy (non-hydrogen) atoms. The molecule has 0 radical (unpaired) electrons. The zero-order chi connectivity index (χ0) is 25.1. The van der Waals surface area contributed by atoms with Gasteiger partial charge < -0.3 is 19.9 Å². The molecule has 9 nitrogen and oxygen atoms in total. The summed E-state index contributed by atoms with van der Waals surface area (Å²) in [6, 6.07) is 17.6. The van der Waals surface area contributed by atoms with Crippen LogP contribution >= 0.6 is 11.6 Å². The lowest BCUT2D eigenvalue weighted by molar-refractivity contribution is -0.384. The molecule has 0 fully saturated rings. The molecule has 0 saturated carbocycles. The number of nitrogens with two attached hydrogens (primary N) is 1. The Bertz CT molecular complexity index is 1410. The summed E-state index contributed by atoms with van der Waals surface area (Å²) in [6.45, 7) is 2.36. The van der Waals surface area contributed by atoms with Gasteiger partial charge >= 0.3 is 5.97 Å². The predicted molar refractivity (Wildman–Crippen MR) is 126 cm³/mol. The fourth-order valence-corrected chi connectivity index (χ4v) is 3.93. The van der Waals surface area contributed by atoms with Gasteiger partial charge in [-0.15, -0.1) is 0 Å². The molecule has 3 aromatic rings. The Kier molecular flexibility index (Phi) is 6.57. The molecular formula is C25H18ClN3O6. The Labute approximate surface area is 205 Å². The fraction of sp³-hybridized carbons (Fsp3) is 0.120. The third-order valence-electron chi connectivity index (χ3n) is 5.28. The van der Waals surface area contributed by atoms with Crippen LogP contribution in [-0.4, -0.2) is 17.5 Å². The average molecular weight is 492 g/mol. The number of ether oxygens (including phenoxy) is 3. The SMILES string of the molecule is CCOc1cccc(C2C(C#N)=C(N)Oc3cc(OC(=O)c4cc([N+](=O)[O-])ccc4Cl)ccc32)c1. The van der Waals surface area contributed by atoms with E-state index in [2.05, 4.69) is 6.07 Å². The van der Waals surface area contributed by atoms with E-state index in [0.717, 1.165) is 11.6 Å². The maximum Gasteiger partial charge on any atom is 0.345 e. The lowest BCUT2D eigenvalue weighted by Gasteiger charge is -2.27. The predicted octanol–water partition coefficient (Wildman–Crippen LogP) is 5.08. The van der Waals surface area contributed by atoms with Crippen molar-refractivity contribution in [2.45, 2.75) is 12.8 Å². The highest BCUT2D eigenvalue weighted by Gasteiger charge is 2.31. The van der Waals surface area contributed by atoms with Gasteiger partial charge in [0.15, 0.2) is 0 Å². The lowest BCUT2D eigenvalue weighted by Crippen LogP contribution is -2.21. The van der Waals surface area contributed by atoms with Crippen LogP contribution in [0.4, 0.5) is 5.69 Å². The second-order valence-electron chi connectivity index (χ2n) is 7.44. The molecule has 10 heteroatoms. The molecule has 1 aliphatic rings. The smallest absolute Gasteiger partial charge is 0.345 e. The van der Waals surface area contributed by atoms with Gasteiger partial charge in [-0.2, -0.15) is 5.26 Å². The zero-order valence-electron chi connectivity index (χ0n) is 18.4. The number of hydrogen-bond acceptors (Lipinski definition) is 8. The number of carbonyl (C=O) groups excluding carboxylic acids is 1. The topological polar surface area (TPSA) is 138 Å². The number of allylic oxidation sites excluding steroid dienone is 1. The van der Waals surface area contributed by atoms with Gasteiger partial charge in [0.1, 0.15) is 28.9 Å². The van der Waals surface area contributed by atoms with Crippen LogP contribution < -0.4 is 19.9 Å². The summed E-state index contributed by atoms with van der Waals surface area (Å²) in [5, 5.41) is 20.8. The minimum Gasteiger partial charge on any atom is -0.494 e. The first kappa shape index (κ1) is 23.6. The molecule has 0 saturated heterocycles. The van der Waals surface area contributed by atoms with Crippen molar-refractivity contribution in [2.24, 2.45) is 5.73 Å². The normalized spacial score (nSPS) is 14.4. The highest BCUT2D eigenvalue weighted by molar-refractivity contribution is 6.33. The van der Waals surface area contributed by atoms with Gasteiger partial charge in [-0.25, -0.2) is 4.79 Å². The molecule has 0 amide bonds. The van der Waals surface area contributed by atoms with E-state index in [1.165, 1.54) is 24.3 Å². The molecule has 1 atom stereocenters. The number of hydrogen-bond donors (Lipinski definition) is 1. The van der Waals surface area contributed by atoms with Crippen LogP contribution in [0.3, 0.4) is 0 Å². The van der Waals surface area contributed by atoms with E-state index in [1.807, 2.05) is 31.2 Å². The summed E-state index contributed by atoms with van der Waals surface area (Å²) in [5.74, 6) is -0.433. The molecule has 1 aliphatic heterocycles. The van der Waals surface area contributed by atoms with Gasteiger partial charge in [0.25, 0.3) is 5.69 Å². The number of non-ortho nitro benzene ring substituents is 1. The monoisotopic (exact) mass is 491 g/mol. The first-order chi connectivity index (χ1) is 16.8. The quantitative estimate of drug-likeness (QED) is 0.218. The van der Waals surface area contributed by atoms with Crippen LogP contribution in [0.15, 0.2) is 72.1 Å². The Morgan fingerprint density at radius 1 is 1.20 bits per heavy atom. The van der Waals surface area contributed by atoms with E-state index in [9.17, 15) is 20.2 Å². The minimum absolute atomic E-state index is 0.00916. The third kappa shape index (κ3) is 4.74. The van der Waals surface area contributed by atoms with E-state index < -0.39 is 16.8 Å². The second-order valence-corrected chi connectivity index (χ2v) is 7.85. The van der Waals surface area contributed by atoms with E-state index in [4.69, 9.17) is 31.5 Å². The summed E-state index contributed by atoms with van der Waals surface area (Å²) in [6.07, 6.45) is 0. The van der Waals surface area contributed by atoms with Crippen molar-refractivity contribution >= 4 is 23.3 Å². The van der Waals surface area contributed by atoms with Crippen LogP contribution in [0, 0.1) is 21.4 Å². The van der Waals surface area contributed by atoms with Gasteiger partial charge in [0, 0.05) is 23.8 Å². The number of nitro benzene ring substituents is 1. The van der Waals surface area contributed by atoms with Crippen LogP contribution in [0.1, 0.15) is 34.3 Å². The van der Waals surface area contributed by atoms with E-state index in [1.54, 1.807) is 6.07 Å². The summed E-state index contributed by atoms with van der Waals surface area (Å²) >= 11 is 6.04. The van der Waals surface area contributed by atoms with E-state index in [0.29, 0.717) is 23.7 Å². The molecule has 1 unspecified atom stereocenters. The Morgan fingerprint density at radius 3 is 2.71 bits per heavy atom. The highest BCUT2D eigenvalue weighted by atomic mass is 35.5. The maximum absolute atomic E-state index is 12.7. The van der Waals surface area contributed by atoms with Crippen molar-refractivity contribution in [1.29, 1.82) is 5.26 Å². The minimum atomic E-state index is -0.878. The van der Waals surface area contributed by atoms with Crippen molar-refractivity contribution in [3.05, 3.63) is 104 Å². The molecule has 1 heterocycles. The van der Waals surface area contributed by atoms with Crippen molar-refractivity contribution in [3.63, 3.8) is 0 Å². The van der Waals surface area contributed by atoms with E-state index in [-0.39, 0.29) is 33.5 Å². The number of fused-ring (bicyclic) bond motifs is 1. The molecule has 0 aromatic heterocycles. The van der Waals surface area contributed by atoms with Gasteiger partial charge in [0.2, 0.25) is 5.88 Å². The highest BCUT2D eigenvalue weighted by Crippen LogP contribution is 2.44. The standard InChI is InChI=1S/C25H18ClN3O6/c1-2-33-16-5-3-4-14(10-16)23-18-8-7-17(12-22(18)35-24(28)20(23)13-27)34-25(30)19-11-15(29(31)32)6-9-21(19)26/h3-12,23H,2,28H2,1H3. The van der Waals surface area contributed by atoms with Gasteiger partial charge in [-0.05, 0) is 36.8 Å². The summed E-state index contributed by atoms with van der Waals surface area (Å²) in [5.41, 5.74) is 7.24. The molecular weight excluding hydrogens is 474 g/mol. The van der Waals surface area contributed by atoms with Crippen LogP contribution in [0.2, 0.25) is 5.02 Å². The lowest BCUT2D eigenvalue weighted by atomic mass is 9.83. The van der Waals surface area contributed by atoms with Gasteiger partial charge in [-0.3, -0.25) is 10.1 Å². The first-order valence-electron chi connectivity index (χ1n) is 10.4. The maximum atomic E-state index is 12.7. The molecule has 0 aliphatic carbocycles. The van der Waals surface area contributed by atoms with Crippen LogP contribution in [0.5, 0.6) is 17.2 Å². The van der Waals surface area contributed by atoms with Crippen LogP contribution in [-0.2, 0) is 0 Å². The first-order valence-corrected chi connectivity index (χ1v) is 10.8. The van der Waals surface area contributed by atoms with Crippen molar-refractivity contribution in [2.75, 3.05) is 6.61 Å². The number of esters is 1. The largest absolute Gasteiger partial charge is 0.494 e. The second kappa shape index (κ2) is 9.75. The average Bonchev–Trinajstić information content (AvgIpc) is 2.83. The summed E-state index contributed by atoms with van der Waals surface area (Å²) in [4.78, 5) is 23.1. The molecule has 4 rings (SSSR count). The van der Waals surface area contributed by atoms with Crippen LogP contribution in [0.25, 0.3) is 0 Å². The Morgan fingerprint density at radius 2 is 2.00 bits per heavy atom. The van der Waals surface area contributed by atoms with Gasteiger partial charge in [0.05, 0.1) is 28.0 Å². The summed E-state index contributed by atoms with van der Waals surface area (Å²) in [7, 11) is 0. The summed E-state index contributed by atoms with van der Waals surface area (Å²) < 4.78 is 16.6. The molecule has 2 N–H and O–H groups in total. The Balaban J connectivity index is 1.69. The van der Waals surface area contributed by atoms with Crippen molar-refractivity contribution < 1.29 is 23.9 Å². The molecule has 0 spiro atoms. The number of halogens is 1. The Hall–Kier alpha value is -4.55. The molecule has 3 aromatic carbocycles. The number of nitrogens with zero attached hydrogens (tertiary/aromatic N) is 2. The number of rotatable bonds is 6. The van der Waals surface area contributed by atoms with Crippen molar-refractivity contribution in [1.82, 2.24) is 0 Å². The van der Waals surface area contributed by atoms with E-state index >= 15 is 0 Å². The number of nitriles is 1. The fourth-order valence-electron chi connectivity index (χ4n) is 3.74. The number of benzene rings is 3. The molecule has 176 valence electrons.